The predicted octanol–water partition coefficient (Wildman–Crippen LogP) is 0.612. The number of nitrogens with one attached hydrogen (secondary N) is 2. The van der Waals surface area contributed by atoms with Gasteiger partial charge in [-0.25, -0.2) is 4.98 Å². The second-order valence-corrected chi connectivity index (χ2v) is 10.3. The van der Waals surface area contributed by atoms with Crippen LogP contribution in [-0.2, 0) is 30.4 Å². The molecule has 2 aliphatic heterocycles. The highest BCUT2D eigenvalue weighted by Crippen LogP contribution is 2.44. The molecule has 0 saturated carbocycles. The molecule has 3 unspecified atom stereocenters. The summed E-state index contributed by atoms with van der Waals surface area (Å²) in [6, 6.07) is 9.00. The summed E-state index contributed by atoms with van der Waals surface area (Å²) >= 11 is 6.18. The van der Waals surface area contributed by atoms with Crippen molar-refractivity contribution in [1.29, 1.82) is 0 Å². The molecule has 3 aromatic rings. The van der Waals surface area contributed by atoms with E-state index in [1.165, 1.54) is 4.57 Å². The van der Waals surface area contributed by atoms with Gasteiger partial charge in [0.05, 0.1) is 12.4 Å². The van der Waals surface area contributed by atoms with Gasteiger partial charge in [-0.05, 0) is 23.9 Å². The second kappa shape index (κ2) is 9.14. The molecule has 2 fully saturated rings. The topological polar surface area (TPSA) is 167 Å². The number of ether oxygens (including phenoxy) is 1. The fraction of sp³-hybridized carbons (Fsp3) is 0.333. The Kier molecular flexibility index (Phi) is 6.22. The van der Waals surface area contributed by atoms with Gasteiger partial charge in [-0.15, -0.1) is 0 Å². The minimum absolute atomic E-state index is 0.00558. The van der Waals surface area contributed by atoms with Crippen molar-refractivity contribution in [3.05, 3.63) is 40.7 Å². The maximum atomic E-state index is 12.5. The first-order chi connectivity index (χ1) is 15.9. The molecule has 33 heavy (non-hydrogen) atoms. The van der Waals surface area contributed by atoms with E-state index in [9.17, 15) is 14.7 Å². The summed E-state index contributed by atoms with van der Waals surface area (Å²) in [6.07, 6.45) is -3.37. The highest BCUT2D eigenvalue weighted by Gasteiger charge is 2.49. The van der Waals surface area contributed by atoms with Crippen LogP contribution in [0.1, 0.15) is 6.23 Å². The summed E-state index contributed by atoms with van der Waals surface area (Å²) in [7, 11) is -1.92. The first kappa shape index (κ1) is 22.5. The average molecular weight is 510 g/mol. The number of rotatable bonds is 5. The standard InChI is InChI=1S/C18H19N6O6PS2/c19-17-22-14-11(15(27)23-17)21-18(33-7-10(25)20-8-4-2-1-3-5-8)24(14)16-12(26)13-9(29-16)6-28-31(32)30-13/h1-5,9,12-13,16,26,31H,6-7H2,(H,20,25)(H3,19,22,23,27)/t9?,12?,13-,16-/m1/s1. The number of H-pyrrole nitrogens is 1. The average Bonchev–Trinajstić information content (AvgIpc) is 3.30. The normalized spacial score (nSPS) is 26.9. The molecular formula is C18H19N6O6PS2. The van der Waals surface area contributed by atoms with E-state index in [-0.39, 0.29) is 40.5 Å². The number of anilines is 2. The van der Waals surface area contributed by atoms with E-state index in [1.807, 2.05) is 18.2 Å². The highest BCUT2D eigenvalue weighted by atomic mass is 32.4. The quantitative estimate of drug-likeness (QED) is 0.281. The van der Waals surface area contributed by atoms with E-state index in [0.717, 1.165) is 11.8 Å². The van der Waals surface area contributed by atoms with E-state index in [2.05, 4.69) is 20.3 Å². The fourth-order valence-corrected chi connectivity index (χ4v) is 5.91. The third-order valence-corrected chi connectivity index (χ3v) is 7.55. The number of aliphatic hydroxyl groups is 1. The van der Waals surface area contributed by atoms with Gasteiger partial charge in [0.25, 0.3) is 5.56 Å². The zero-order valence-corrected chi connectivity index (χ0v) is 19.5. The minimum atomic E-state index is -1.92. The first-order valence-electron chi connectivity index (χ1n) is 9.83. The Bertz CT molecular complexity index is 1290. The van der Waals surface area contributed by atoms with Gasteiger partial charge in [-0.1, -0.05) is 30.0 Å². The van der Waals surface area contributed by atoms with Crippen LogP contribution in [0.2, 0.25) is 0 Å². The molecule has 174 valence electrons. The lowest BCUT2D eigenvalue weighted by molar-refractivity contribution is -0.113. The van der Waals surface area contributed by atoms with E-state index in [0.29, 0.717) is 5.69 Å². The lowest BCUT2D eigenvalue weighted by atomic mass is 10.1. The molecule has 1 aromatic carbocycles. The van der Waals surface area contributed by atoms with Gasteiger partial charge in [0.15, 0.2) is 29.7 Å². The van der Waals surface area contributed by atoms with Gasteiger partial charge in [-0.2, -0.15) is 4.98 Å². The maximum absolute atomic E-state index is 12.5. The van der Waals surface area contributed by atoms with E-state index in [1.54, 1.807) is 12.1 Å². The molecule has 0 aliphatic carbocycles. The largest absolute Gasteiger partial charge is 0.386 e. The number of para-hydroxylation sites is 1. The number of hydrogen-bond acceptors (Lipinski definition) is 11. The molecule has 0 spiro atoms. The van der Waals surface area contributed by atoms with Crippen molar-refractivity contribution in [2.24, 2.45) is 0 Å². The number of nitrogen functional groups attached to an aromatic ring is 1. The molecule has 4 heterocycles. The van der Waals surface area contributed by atoms with Crippen molar-refractivity contribution >= 4 is 59.4 Å². The summed E-state index contributed by atoms with van der Waals surface area (Å²) < 4.78 is 18.4. The Hall–Kier alpha value is -2.32. The molecule has 2 aromatic heterocycles. The van der Waals surface area contributed by atoms with Crippen LogP contribution in [0.4, 0.5) is 11.6 Å². The number of carbonyl (C=O) groups excluding carboxylic acids is 1. The van der Waals surface area contributed by atoms with Crippen LogP contribution in [0.25, 0.3) is 11.2 Å². The van der Waals surface area contributed by atoms with Gasteiger partial charge < -0.3 is 29.9 Å². The van der Waals surface area contributed by atoms with Gasteiger partial charge in [0.2, 0.25) is 11.9 Å². The van der Waals surface area contributed by atoms with Gasteiger partial charge in [-0.3, -0.25) is 19.1 Å². The maximum Gasteiger partial charge on any atom is 0.280 e. The van der Waals surface area contributed by atoms with E-state index < -0.39 is 37.2 Å². The SMILES string of the molecule is Nc1nc2c(nc(SCC(=O)Nc3ccccc3)n2[C@@H]2OC3CO[PH](=S)O[C@H]3C2O)c(=O)[nH]1. The van der Waals surface area contributed by atoms with E-state index in [4.69, 9.17) is 31.3 Å². The number of imidazole rings is 1. The number of benzene rings is 1. The number of nitrogens with two attached hydrogens (primary N) is 1. The predicted molar refractivity (Wildman–Crippen MR) is 125 cm³/mol. The number of nitrogens with zero attached hydrogens (tertiary/aromatic N) is 3. The number of carbonyl (C=O) groups is 1. The van der Waals surface area contributed by atoms with Crippen LogP contribution >= 0.6 is 18.9 Å². The van der Waals surface area contributed by atoms with Gasteiger partial charge in [0.1, 0.15) is 18.3 Å². The monoisotopic (exact) mass is 510 g/mol. The van der Waals surface area contributed by atoms with Crippen molar-refractivity contribution in [1.82, 2.24) is 19.5 Å². The van der Waals surface area contributed by atoms with Crippen LogP contribution in [-0.4, -0.2) is 61.2 Å². The number of aliphatic hydroxyl groups excluding tert-OH is 1. The number of thioether (sulfide) groups is 1. The molecule has 5 rings (SSSR count). The Morgan fingerprint density at radius 3 is 2.97 bits per heavy atom. The lowest BCUT2D eigenvalue weighted by Crippen LogP contribution is -2.37. The molecule has 0 bridgehead atoms. The summed E-state index contributed by atoms with van der Waals surface area (Å²) in [4.78, 5) is 35.8. The van der Waals surface area contributed by atoms with E-state index >= 15 is 0 Å². The van der Waals surface area contributed by atoms with Crippen molar-refractivity contribution < 1.29 is 23.7 Å². The van der Waals surface area contributed by atoms with Crippen LogP contribution < -0.4 is 16.6 Å². The van der Waals surface area contributed by atoms with Gasteiger partial charge >= 0.3 is 0 Å². The van der Waals surface area contributed by atoms with Gasteiger partial charge in [0, 0.05) is 5.69 Å². The molecule has 5 atom stereocenters. The summed E-state index contributed by atoms with van der Waals surface area (Å²) in [5.41, 5.74) is 5.97. The number of aromatic nitrogens is 4. The molecule has 2 aliphatic rings. The lowest BCUT2D eigenvalue weighted by Gasteiger charge is -2.26. The molecule has 12 nitrogen and oxygen atoms in total. The number of hydrogen-bond donors (Lipinski definition) is 4. The first-order valence-corrected chi connectivity index (χ1v) is 13.3. The molecule has 15 heteroatoms. The number of amides is 1. The zero-order chi connectivity index (χ0) is 23.1. The Balaban J connectivity index is 1.46. The number of aromatic amines is 1. The van der Waals surface area contributed by atoms with Crippen molar-refractivity contribution in [3.8, 4) is 0 Å². The smallest absolute Gasteiger partial charge is 0.280 e. The molecule has 2 saturated heterocycles. The Morgan fingerprint density at radius 2 is 2.18 bits per heavy atom. The third-order valence-electron chi connectivity index (χ3n) is 5.09. The molecular weight excluding hydrogens is 491 g/mol. The molecule has 1 amide bonds. The van der Waals surface area contributed by atoms with Crippen molar-refractivity contribution in [2.75, 3.05) is 23.4 Å². The number of fused-ring (bicyclic) bond motifs is 2. The highest BCUT2D eigenvalue weighted by molar-refractivity contribution is 8.00. The summed E-state index contributed by atoms with van der Waals surface area (Å²) in [6.45, 7) is 0.181. The Labute approximate surface area is 196 Å². The Morgan fingerprint density at radius 1 is 1.39 bits per heavy atom. The van der Waals surface area contributed by atoms with Crippen molar-refractivity contribution in [2.45, 2.75) is 29.7 Å². The van der Waals surface area contributed by atoms with Crippen LogP contribution in [0.3, 0.4) is 0 Å². The third kappa shape index (κ3) is 4.43. The minimum Gasteiger partial charge on any atom is -0.386 e. The van der Waals surface area contributed by atoms with Crippen molar-refractivity contribution in [3.63, 3.8) is 0 Å². The summed E-state index contributed by atoms with van der Waals surface area (Å²) in [5.74, 6) is -0.407. The van der Waals surface area contributed by atoms with Crippen LogP contribution in [0.5, 0.6) is 0 Å². The van der Waals surface area contributed by atoms with Crippen LogP contribution in [0, 0.1) is 0 Å². The second-order valence-electron chi connectivity index (χ2n) is 7.29. The zero-order valence-electron chi connectivity index (χ0n) is 16.8. The summed E-state index contributed by atoms with van der Waals surface area (Å²) in [5, 5.41) is 14.0. The van der Waals surface area contributed by atoms with Crippen LogP contribution in [0.15, 0.2) is 40.3 Å². The fourth-order valence-electron chi connectivity index (χ4n) is 3.67. The molecule has 5 N–H and O–H groups in total. The molecule has 0 radical (unpaired) electrons.